The average molecular weight is 372 g/mol. The number of amides is 1. The number of piperazine rings is 1. The first-order valence-electron chi connectivity index (χ1n) is 9.22. The van der Waals surface area contributed by atoms with Gasteiger partial charge in [-0.05, 0) is 30.2 Å². The van der Waals surface area contributed by atoms with Crippen molar-refractivity contribution in [3.05, 3.63) is 35.5 Å². The smallest absolute Gasteiger partial charge is 0.229 e. The second-order valence-electron chi connectivity index (χ2n) is 7.02. The number of nitrogens with zero attached hydrogens (tertiary/aromatic N) is 4. The molecule has 8 heteroatoms. The molecule has 1 atom stereocenters. The first-order chi connectivity index (χ1) is 13.1. The first-order valence-corrected chi connectivity index (χ1v) is 9.22. The fourth-order valence-corrected chi connectivity index (χ4v) is 3.65. The largest absolute Gasteiger partial charge is 0.497 e. The van der Waals surface area contributed by atoms with Crippen LogP contribution < -0.4 is 9.47 Å². The maximum absolute atomic E-state index is 12.9. The van der Waals surface area contributed by atoms with Crippen LogP contribution in [0.4, 0.5) is 0 Å². The molecule has 0 N–H and O–H groups in total. The van der Waals surface area contributed by atoms with Gasteiger partial charge in [-0.25, -0.2) is 0 Å². The monoisotopic (exact) mass is 372 g/mol. The highest BCUT2D eigenvalue weighted by Crippen LogP contribution is 2.31. The Balaban J connectivity index is 1.32. The second-order valence-corrected chi connectivity index (χ2v) is 7.02. The number of benzene rings is 1. The normalized spacial score (nSPS) is 20.1. The number of carbonyl (C=O) groups is 1. The second kappa shape index (κ2) is 7.56. The lowest BCUT2D eigenvalue weighted by Gasteiger charge is -2.36. The maximum atomic E-state index is 12.9. The average Bonchev–Trinajstić information content (AvgIpc) is 3.11. The Hall–Kier alpha value is -2.61. The summed E-state index contributed by atoms with van der Waals surface area (Å²) in [5.74, 6) is 2.93. The summed E-state index contributed by atoms with van der Waals surface area (Å²) in [5, 5.41) is 3.94. The van der Waals surface area contributed by atoms with E-state index in [4.69, 9.17) is 14.0 Å². The molecule has 0 bridgehead atoms. The molecular weight excluding hydrogens is 348 g/mol. The summed E-state index contributed by atoms with van der Waals surface area (Å²) >= 11 is 0. The number of aryl methyl sites for hydroxylation is 1. The molecule has 27 heavy (non-hydrogen) atoms. The van der Waals surface area contributed by atoms with Crippen molar-refractivity contribution in [3.8, 4) is 11.5 Å². The van der Waals surface area contributed by atoms with E-state index in [1.54, 1.807) is 14.0 Å². The topological polar surface area (TPSA) is 80.9 Å². The van der Waals surface area contributed by atoms with Gasteiger partial charge in [0.1, 0.15) is 18.1 Å². The molecule has 144 valence electrons. The number of aromatic nitrogens is 2. The SMILES string of the molecule is COc1ccc2c(c1)CC(C(=O)N1CCN(Cc3noc(C)n3)CC1)CO2. The summed E-state index contributed by atoms with van der Waals surface area (Å²) in [6, 6.07) is 5.75. The zero-order valence-electron chi connectivity index (χ0n) is 15.7. The van der Waals surface area contributed by atoms with Crippen LogP contribution in [0.2, 0.25) is 0 Å². The molecule has 0 spiro atoms. The van der Waals surface area contributed by atoms with Crippen molar-refractivity contribution in [1.29, 1.82) is 0 Å². The van der Waals surface area contributed by atoms with Crippen LogP contribution in [0.1, 0.15) is 17.3 Å². The van der Waals surface area contributed by atoms with Gasteiger partial charge in [-0.3, -0.25) is 9.69 Å². The summed E-state index contributed by atoms with van der Waals surface area (Å²) in [6.45, 7) is 5.88. The molecule has 0 radical (unpaired) electrons. The third-order valence-corrected chi connectivity index (χ3v) is 5.14. The quantitative estimate of drug-likeness (QED) is 0.800. The number of hydrogen-bond acceptors (Lipinski definition) is 7. The lowest BCUT2D eigenvalue weighted by molar-refractivity contribution is -0.138. The highest BCUT2D eigenvalue weighted by Gasteiger charge is 2.31. The number of fused-ring (bicyclic) bond motifs is 1. The van der Waals surface area contributed by atoms with Crippen molar-refractivity contribution in [1.82, 2.24) is 19.9 Å². The Morgan fingerprint density at radius 1 is 1.30 bits per heavy atom. The molecule has 1 fully saturated rings. The van der Waals surface area contributed by atoms with Crippen LogP contribution in [0, 0.1) is 12.8 Å². The molecule has 1 aromatic heterocycles. The molecule has 1 unspecified atom stereocenters. The van der Waals surface area contributed by atoms with E-state index in [0.29, 0.717) is 44.4 Å². The molecule has 0 saturated carbocycles. The van der Waals surface area contributed by atoms with E-state index in [0.717, 1.165) is 30.2 Å². The van der Waals surface area contributed by atoms with Gasteiger partial charge in [0.05, 0.1) is 19.6 Å². The number of rotatable bonds is 4. The van der Waals surface area contributed by atoms with Gasteiger partial charge in [0.2, 0.25) is 11.8 Å². The van der Waals surface area contributed by atoms with Gasteiger partial charge in [-0.1, -0.05) is 5.16 Å². The molecule has 1 aromatic carbocycles. The van der Waals surface area contributed by atoms with E-state index >= 15 is 0 Å². The first kappa shape index (κ1) is 17.8. The number of methoxy groups -OCH3 is 1. The molecule has 3 heterocycles. The van der Waals surface area contributed by atoms with E-state index < -0.39 is 0 Å². The molecule has 1 saturated heterocycles. The van der Waals surface area contributed by atoms with Gasteiger partial charge in [0.25, 0.3) is 0 Å². The molecular formula is C19H24N4O4. The third-order valence-electron chi connectivity index (χ3n) is 5.14. The molecule has 4 rings (SSSR count). The van der Waals surface area contributed by atoms with E-state index in [-0.39, 0.29) is 11.8 Å². The van der Waals surface area contributed by atoms with E-state index in [1.165, 1.54) is 0 Å². The summed E-state index contributed by atoms with van der Waals surface area (Å²) in [4.78, 5) is 21.4. The summed E-state index contributed by atoms with van der Waals surface area (Å²) in [6.07, 6.45) is 0.688. The molecule has 2 aliphatic rings. The summed E-state index contributed by atoms with van der Waals surface area (Å²) in [7, 11) is 1.64. The Morgan fingerprint density at radius 3 is 2.81 bits per heavy atom. The van der Waals surface area contributed by atoms with Crippen LogP contribution in [0.25, 0.3) is 0 Å². The lowest BCUT2D eigenvalue weighted by atomic mass is 9.95. The Kier molecular flexibility index (Phi) is 4.98. The van der Waals surface area contributed by atoms with Gasteiger partial charge in [0, 0.05) is 33.1 Å². The number of hydrogen-bond donors (Lipinski definition) is 0. The Bertz CT molecular complexity index is 814. The van der Waals surface area contributed by atoms with Gasteiger partial charge < -0.3 is 18.9 Å². The van der Waals surface area contributed by atoms with Crippen LogP contribution in [0.5, 0.6) is 11.5 Å². The predicted octanol–water partition coefficient (Wildman–Crippen LogP) is 1.28. The fraction of sp³-hybridized carbons (Fsp3) is 0.526. The van der Waals surface area contributed by atoms with Crippen LogP contribution in [-0.4, -0.2) is 65.7 Å². The minimum absolute atomic E-state index is 0.143. The van der Waals surface area contributed by atoms with E-state index in [2.05, 4.69) is 15.0 Å². The van der Waals surface area contributed by atoms with Crippen LogP contribution >= 0.6 is 0 Å². The maximum Gasteiger partial charge on any atom is 0.229 e. The molecule has 2 aliphatic heterocycles. The predicted molar refractivity (Wildman–Crippen MR) is 96.6 cm³/mol. The van der Waals surface area contributed by atoms with Crippen LogP contribution in [-0.2, 0) is 17.8 Å². The zero-order chi connectivity index (χ0) is 18.8. The van der Waals surface area contributed by atoms with Gasteiger partial charge >= 0.3 is 0 Å². The fourth-order valence-electron chi connectivity index (χ4n) is 3.65. The van der Waals surface area contributed by atoms with Gasteiger partial charge in [-0.2, -0.15) is 4.98 Å². The van der Waals surface area contributed by atoms with Crippen LogP contribution in [0.3, 0.4) is 0 Å². The minimum atomic E-state index is -0.143. The van der Waals surface area contributed by atoms with Crippen molar-refractivity contribution in [2.24, 2.45) is 5.92 Å². The van der Waals surface area contributed by atoms with E-state index in [9.17, 15) is 4.79 Å². The van der Waals surface area contributed by atoms with Crippen molar-refractivity contribution in [2.45, 2.75) is 19.9 Å². The lowest BCUT2D eigenvalue weighted by Crippen LogP contribution is -2.51. The number of ether oxygens (including phenoxy) is 2. The highest BCUT2D eigenvalue weighted by atomic mass is 16.5. The number of carbonyl (C=O) groups excluding carboxylic acids is 1. The summed E-state index contributed by atoms with van der Waals surface area (Å²) < 4.78 is 16.1. The van der Waals surface area contributed by atoms with Crippen molar-refractivity contribution in [3.63, 3.8) is 0 Å². The standard InChI is InChI=1S/C19H24N4O4/c1-13-20-18(21-27-13)11-22-5-7-23(8-6-22)19(24)15-9-14-10-16(25-2)3-4-17(14)26-12-15/h3-4,10,15H,5-9,11-12H2,1-2H3. The van der Waals surface area contributed by atoms with Gasteiger partial charge in [-0.15, -0.1) is 0 Å². The molecule has 2 aromatic rings. The van der Waals surface area contributed by atoms with Crippen molar-refractivity contribution < 1.29 is 18.8 Å². The molecule has 0 aliphatic carbocycles. The van der Waals surface area contributed by atoms with Gasteiger partial charge in [0.15, 0.2) is 5.82 Å². The minimum Gasteiger partial charge on any atom is -0.497 e. The zero-order valence-corrected chi connectivity index (χ0v) is 15.7. The van der Waals surface area contributed by atoms with Crippen molar-refractivity contribution in [2.75, 3.05) is 39.9 Å². The summed E-state index contributed by atoms with van der Waals surface area (Å²) in [5.41, 5.74) is 1.03. The van der Waals surface area contributed by atoms with E-state index in [1.807, 2.05) is 23.1 Å². The Labute approximate surface area is 158 Å². The molecule has 8 nitrogen and oxygen atoms in total. The highest BCUT2D eigenvalue weighted by molar-refractivity contribution is 5.80. The molecule has 1 amide bonds. The van der Waals surface area contributed by atoms with Crippen LogP contribution in [0.15, 0.2) is 22.7 Å². The Morgan fingerprint density at radius 2 is 2.11 bits per heavy atom. The third kappa shape index (κ3) is 3.90. The van der Waals surface area contributed by atoms with Crippen molar-refractivity contribution >= 4 is 5.91 Å².